The zero-order valence-corrected chi connectivity index (χ0v) is 42.0. The monoisotopic (exact) mass is 873 g/mol. The highest BCUT2D eigenvalue weighted by Crippen LogP contribution is 2.38. The summed E-state index contributed by atoms with van der Waals surface area (Å²) in [7, 11) is -0.459. The summed E-state index contributed by atoms with van der Waals surface area (Å²) in [5.74, 6) is -0.998. The van der Waals surface area contributed by atoms with Crippen molar-refractivity contribution in [1.82, 2.24) is 0 Å². The van der Waals surface area contributed by atoms with Crippen LogP contribution in [-0.4, -0.2) is 49.8 Å². The van der Waals surface area contributed by atoms with E-state index in [0.717, 1.165) is 57.8 Å². The largest absolute Gasteiger partial charge is 0.481 e. The zero-order chi connectivity index (χ0) is 47.2. The van der Waals surface area contributed by atoms with Gasteiger partial charge >= 0.3 is 11.9 Å². The minimum Gasteiger partial charge on any atom is -0.481 e. The van der Waals surface area contributed by atoms with Gasteiger partial charge in [-0.1, -0.05) is 180 Å². The molecule has 0 aliphatic rings. The van der Waals surface area contributed by atoms with Gasteiger partial charge in [-0.2, -0.15) is 0 Å². The maximum absolute atomic E-state index is 11.9. The van der Waals surface area contributed by atoms with Crippen molar-refractivity contribution in [2.45, 2.75) is 170 Å². The second kappa shape index (κ2) is 36.4. The van der Waals surface area contributed by atoms with E-state index in [1.807, 2.05) is 44.2 Å². The lowest BCUT2D eigenvalue weighted by Crippen LogP contribution is -2.43. The Labute approximate surface area is 381 Å². The molecule has 62 heavy (non-hydrogen) atoms. The van der Waals surface area contributed by atoms with Crippen molar-refractivity contribution in [1.29, 1.82) is 0 Å². The van der Waals surface area contributed by atoms with E-state index >= 15 is 0 Å². The molecule has 2 atom stereocenters. The van der Waals surface area contributed by atoms with Gasteiger partial charge in [0.15, 0.2) is 8.32 Å². The number of aliphatic hydroxyl groups excluding tert-OH is 1. The number of esters is 1. The zero-order valence-electron chi connectivity index (χ0n) is 41.0. The third kappa shape index (κ3) is 34.5. The minimum absolute atomic E-state index is 0.0143. The van der Waals surface area contributed by atoms with E-state index < -0.39 is 31.2 Å². The molecule has 0 aromatic carbocycles. The first-order valence-corrected chi connectivity index (χ1v) is 25.7. The second-order valence-corrected chi connectivity index (χ2v) is 22.8. The summed E-state index contributed by atoms with van der Waals surface area (Å²) in [6, 6.07) is 0. The Morgan fingerprint density at radius 3 is 1.32 bits per heavy atom. The highest BCUT2D eigenvalue weighted by Gasteiger charge is 2.38. The molecule has 0 aliphatic carbocycles. The Morgan fingerprint density at radius 1 is 0.532 bits per heavy atom. The van der Waals surface area contributed by atoms with Gasteiger partial charge in [0.2, 0.25) is 0 Å². The van der Waals surface area contributed by atoms with Gasteiger partial charge in [0.05, 0.1) is 30.1 Å². The molecule has 348 valence electrons. The topological polar surface area (TPSA) is 93.1 Å². The van der Waals surface area contributed by atoms with Crippen molar-refractivity contribution in [2.24, 2.45) is 10.8 Å². The Balaban J connectivity index is 0. The molecule has 0 aromatic heterocycles. The molecule has 2 N–H and O–H groups in total. The Bertz CT molecular complexity index is 1550. The summed E-state index contributed by atoms with van der Waals surface area (Å²) >= 11 is 0. The van der Waals surface area contributed by atoms with E-state index in [0.29, 0.717) is 19.3 Å². The molecule has 0 spiro atoms. The molecule has 0 bridgehead atoms. The third-order valence-corrected chi connectivity index (χ3v) is 14.7. The lowest BCUT2D eigenvalue weighted by molar-refractivity contribution is -0.150. The fourth-order valence-corrected chi connectivity index (χ4v) is 6.22. The van der Waals surface area contributed by atoms with E-state index in [-0.39, 0.29) is 17.1 Å². The van der Waals surface area contributed by atoms with Crippen LogP contribution in [0.25, 0.3) is 0 Å². The molecule has 7 heteroatoms. The van der Waals surface area contributed by atoms with Crippen LogP contribution >= 0.6 is 0 Å². The maximum Gasteiger partial charge on any atom is 0.311 e. The molecule has 0 aliphatic heterocycles. The molecule has 0 aromatic rings. The lowest BCUT2D eigenvalue weighted by atomic mass is 9.89. The van der Waals surface area contributed by atoms with Crippen molar-refractivity contribution in [3.05, 3.63) is 146 Å². The van der Waals surface area contributed by atoms with Crippen LogP contribution in [0.2, 0.25) is 18.1 Å². The van der Waals surface area contributed by atoms with Crippen LogP contribution in [0.1, 0.15) is 139 Å². The number of carbonyl (C=O) groups is 2. The van der Waals surface area contributed by atoms with Gasteiger partial charge < -0.3 is 19.4 Å². The van der Waals surface area contributed by atoms with E-state index in [1.54, 1.807) is 19.9 Å². The summed E-state index contributed by atoms with van der Waals surface area (Å²) in [4.78, 5) is 22.9. The number of hydrogen-bond donors (Lipinski definition) is 2. The van der Waals surface area contributed by atoms with Crippen molar-refractivity contribution >= 4 is 20.3 Å². The Hall–Kier alpha value is -4.04. The minimum atomic E-state index is -1.90. The van der Waals surface area contributed by atoms with Crippen LogP contribution < -0.4 is 0 Å². The van der Waals surface area contributed by atoms with Crippen molar-refractivity contribution in [3.8, 4) is 0 Å². The van der Waals surface area contributed by atoms with Crippen LogP contribution in [0.3, 0.4) is 0 Å². The fraction of sp³-hybridized carbons (Fsp3) is 0.527. The van der Waals surface area contributed by atoms with Crippen LogP contribution in [0.15, 0.2) is 146 Å². The first-order valence-electron chi connectivity index (χ1n) is 22.8. The summed E-state index contributed by atoms with van der Waals surface area (Å²) in [6.07, 6.45) is 59.9. The van der Waals surface area contributed by atoms with E-state index in [9.17, 15) is 14.7 Å². The molecule has 0 saturated carbocycles. The van der Waals surface area contributed by atoms with E-state index in [2.05, 4.69) is 157 Å². The first-order chi connectivity index (χ1) is 29.3. The smallest absolute Gasteiger partial charge is 0.311 e. The number of rotatable bonds is 30. The standard InChI is InChI=1S/C31H52O3Si.C24H36O3/c1-10-11-12-13-14-15-16-17-18-19-20-21-22-25-28(34-35(8,9)30(2,3)4)26-23-24-27-31(5,6)29(32)33-7;1-4-5-6-7-8-9-10-11-12-13-14-15-16-19-22(25)20-17-18-21-24(2,3)23(26)27/h11-12,14-15,17-18,20-25,28H,10,13,16,19,26-27H2,1-9H3;5-6,8-9,11-12,14-19,22,25H,4,7,10,13,20-21H2,1-3H3,(H,26,27)/b12-11-,15-14-,18-17-,21-20-,24-23-,25-22+;6-5-,9-8-,12-11-,15-14-,18-17-,19-16+. The number of aliphatic hydroxyl groups is 1. The summed E-state index contributed by atoms with van der Waals surface area (Å²) in [5.41, 5.74) is -1.29. The van der Waals surface area contributed by atoms with Gasteiger partial charge in [0.1, 0.15) is 0 Å². The van der Waals surface area contributed by atoms with Crippen molar-refractivity contribution in [3.63, 3.8) is 0 Å². The Kier molecular flexibility index (Phi) is 35.3. The number of allylic oxidation sites excluding steroid dienone is 20. The molecular weight excluding hydrogens is 785 g/mol. The fourth-order valence-electron chi connectivity index (χ4n) is 4.93. The predicted molar refractivity (Wildman–Crippen MR) is 272 cm³/mol. The molecule has 0 fully saturated rings. The maximum atomic E-state index is 11.9. The molecular formula is C55H88O6Si. The highest BCUT2D eigenvalue weighted by molar-refractivity contribution is 6.74. The number of aliphatic carboxylic acids is 1. The number of methoxy groups -OCH3 is 1. The van der Waals surface area contributed by atoms with Gasteiger partial charge in [-0.25, -0.2) is 0 Å². The highest BCUT2D eigenvalue weighted by atomic mass is 28.4. The molecule has 6 nitrogen and oxygen atoms in total. The summed E-state index contributed by atoms with van der Waals surface area (Å²) in [6.45, 7) is 22.8. The molecule has 0 saturated heterocycles. The van der Waals surface area contributed by atoms with Crippen molar-refractivity contribution < 1.29 is 29.0 Å². The first kappa shape index (κ1) is 60.0. The van der Waals surface area contributed by atoms with E-state index in [1.165, 1.54) is 7.11 Å². The molecule has 0 rings (SSSR count). The number of ether oxygens (including phenoxy) is 1. The normalized spacial score (nSPS) is 15.0. The summed E-state index contributed by atoms with van der Waals surface area (Å²) in [5, 5.41) is 19.0. The van der Waals surface area contributed by atoms with Crippen LogP contribution in [0, 0.1) is 10.8 Å². The number of carboxylic acid groups (broad SMARTS) is 1. The average Bonchev–Trinajstić information content (AvgIpc) is 3.20. The number of hydrogen-bond acceptors (Lipinski definition) is 5. The SMILES string of the molecule is CC/C=C\C/C=C\C/C=C\C/C=C\C=C\C(C/C=C\CC(C)(C)C(=O)OC)O[Si](C)(C)C(C)(C)C.CC/C=C\C/C=C\C/C=C\C/C=C\C=C\C(O)C/C=C\CC(C)(C)C(=O)O. The van der Waals surface area contributed by atoms with Gasteiger partial charge in [0, 0.05) is 0 Å². The average molecular weight is 873 g/mol. The van der Waals surface area contributed by atoms with E-state index in [4.69, 9.17) is 14.3 Å². The molecule has 0 radical (unpaired) electrons. The number of carbonyl (C=O) groups excluding carboxylic acids is 1. The van der Waals surface area contributed by atoms with Gasteiger partial charge in [-0.3, -0.25) is 9.59 Å². The van der Waals surface area contributed by atoms with Crippen LogP contribution in [0.4, 0.5) is 0 Å². The van der Waals surface area contributed by atoms with Gasteiger partial charge in [-0.15, -0.1) is 0 Å². The third-order valence-electron chi connectivity index (χ3n) is 10.2. The quantitative estimate of drug-likeness (QED) is 0.0323. The Morgan fingerprint density at radius 2 is 0.919 bits per heavy atom. The predicted octanol–water partition coefficient (Wildman–Crippen LogP) is 15.4. The van der Waals surface area contributed by atoms with Crippen LogP contribution in [-0.2, 0) is 18.8 Å². The van der Waals surface area contributed by atoms with Gasteiger partial charge in [-0.05, 0) is 123 Å². The molecule has 2 unspecified atom stereocenters. The second-order valence-electron chi connectivity index (χ2n) is 18.1. The van der Waals surface area contributed by atoms with Gasteiger partial charge in [0.25, 0.3) is 0 Å². The van der Waals surface area contributed by atoms with Crippen LogP contribution in [0.5, 0.6) is 0 Å². The van der Waals surface area contributed by atoms with Crippen molar-refractivity contribution in [2.75, 3.05) is 7.11 Å². The number of carboxylic acids is 1. The lowest BCUT2D eigenvalue weighted by Gasteiger charge is -2.38. The molecule has 0 amide bonds. The molecule has 0 heterocycles. The summed E-state index contributed by atoms with van der Waals surface area (Å²) < 4.78 is 11.6.